The minimum absolute atomic E-state index is 0.0315. The lowest BCUT2D eigenvalue weighted by atomic mass is 9.81. The highest BCUT2D eigenvalue weighted by atomic mass is 14.4. The van der Waals surface area contributed by atoms with Crippen LogP contribution >= 0.6 is 0 Å². The van der Waals surface area contributed by atoms with Crippen molar-refractivity contribution in [3.8, 4) is 11.1 Å². The van der Waals surface area contributed by atoms with Crippen LogP contribution < -0.4 is 0 Å². The fourth-order valence-corrected chi connectivity index (χ4v) is 3.55. The van der Waals surface area contributed by atoms with Gasteiger partial charge in [0.1, 0.15) is 0 Å². The number of hydrogen-bond acceptors (Lipinski definition) is 0. The van der Waals surface area contributed by atoms with E-state index >= 15 is 0 Å². The van der Waals surface area contributed by atoms with Gasteiger partial charge < -0.3 is 0 Å². The Balaban J connectivity index is 2.22. The number of allylic oxidation sites excluding steroid dienone is 5. The third-order valence-electron chi connectivity index (χ3n) is 4.63. The van der Waals surface area contributed by atoms with Gasteiger partial charge in [-0.3, -0.25) is 0 Å². The Morgan fingerprint density at radius 2 is 1.68 bits per heavy atom. The Kier molecular flexibility index (Phi) is 3.62. The highest BCUT2D eigenvalue weighted by Gasteiger charge is 2.37. The molecule has 0 fully saturated rings. The summed E-state index contributed by atoms with van der Waals surface area (Å²) in [7, 11) is 0. The molecule has 1 aliphatic carbocycles. The number of fused-ring (bicyclic) bond motifs is 1. The molecule has 0 amide bonds. The smallest absolute Gasteiger partial charge is 0.0155 e. The van der Waals surface area contributed by atoms with Crippen LogP contribution in [0.2, 0.25) is 0 Å². The summed E-state index contributed by atoms with van der Waals surface area (Å²) in [6.45, 7) is 10.6. The van der Waals surface area contributed by atoms with Crippen LogP contribution in [0.15, 0.2) is 78.9 Å². The third-order valence-corrected chi connectivity index (χ3v) is 4.63. The Hall–Kier alpha value is -2.34. The molecule has 110 valence electrons. The molecule has 0 saturated heterocycles. The zero-order valence-electron chi connectivity index (χ0n) is 13.6. The predicted molar refractivity (Wildman–Crippen MR) is 96.8 cm³/mol. The molecular formula is C22H22. The lowest BCUT2D eigenvalue weighted by Crippen LogP contribution is -2.15. The number of rotatable bonds is 2. The van der Waals surface area contributed by atoms with Crippen LogP contribution in [0.1, 0.15) is 31.9 Å². The molecule has 0 bridgehead atoms. The summed E-state index contributed by atoms with van der Waals surface area (Å²) in [4.78, 5) is 0. The van der Waals surface area contributed by atoms with Crippen molar-refractivity contribution in [1.82, 2.24) is 0 Å². The van der Waals surface area contributed by atoms with Gasteiger partial charge in [0.25, 0.3) is 0 Å². The van der Waals surface area contributed by atoms with Gasteiger partial charge in [-0.2, -0.15) is 0 Å². The van der Waals surface area contributed by atoms with Crippen LogP contribution in [-0.4, -0.2) is 0 Å². The molecule has 0 spiro atoms. The van der Waals surface area contributed by atoms with Gasteiger partial charge >= 0.3 is 0 Å². The molecule has 2 aromatic rings. The summed E-state index contributed by atoms with van der Waals surface area (Å²) in [5, 5.41) is 0. The number of hydrogen-bond donors (Lipinski definition) is 0. The topological polar surface area (TPSA) is 0 Å². The van der Waals surface area contributed by atoms with E-state index in [1.165, 1.54) is 33.4 Å². The summed E-state index contributed by atoms with van der Waals surface area (Å²) in [5.41, 5.74) is 7.99. The monoisotopic (exact) mass is 286 g/mol. The van der Waals surface area contributed by atoms with E-state index in [1.807, 2.05) is 6.08 Å². The number of benzene rings is 2. The van der Waals surface area contributed by atoms with Crippen molar-refractivity contribution in [2.24, 2.45) is 0 Å². The first-order chi connectivity index (χ1) is 10.6. The summed E-state index contributed by atoms with van der Waals surface area (Å²) >= 11 is 0. The van der Waals surface area contributed by atoms with E-state index in [0.29, 0.717) is 0 Å². The Morgan fingerprint density at radius 3 is 2.32 bits per heavy atom. The SMILES string of the molecule is C=C/C=C1\C(=C/C)C(C)(C)c2cc(-c3ccccc3)ccc21. The second-order valence-corrected chi connectivity index (χ2v) is 6.27. The van der Waals surface area contributed by atoms with Crippen LogP contribution in [0, 0.1) is 0 Å². The lowest BCUT2D eigenvalue weighted by molar-refractivity contribution is 0.660. The first-order valence-corrected chi connectivity index (χ1v) is 7.79. The second-order valence-electron chi connectivity index (χ2n) is 6.27. The van der Waals surface area contributed by atoms with Crippen molar-refractivity contribution in [3.05, 3.63) is 90.0 Å². The average molecular weight is 286 g/mol. The fraction of sp³-hybridized carbons (Fsp3) is 0.182. The van der Waals surface area contributed by atoms with E-state index in [9.17, 15) is 0 Å². The maximum Gasteiger partial charge on any atom is 0.0155 e. The van der Waals surface area contributed by atoms with E-state index in [1.54, 1.807) is 0 Å². The molecule has 0 heterocycles. The summed E-state index contributed by atoms with van der Waals surface area (Å²) in [6.07, 6.45) is 6.25. The van der Waals surface area contributed by atoms with Gasteiger partial charge in [0.15, 0.2) is 0 Å². The van der Waals surface area contributed by atoms with Crippen molar-refractivity contribution in [2.45, 2.75) is 26.2 Å². The molecule has 0 aliphatic heterocycles. The van der Waals surface area contributed by atoms with Crippen LogP contribution in [0.3, 0.4) is 0 Å². The van der Waals surface area contributed by atoms with Gasteiger partial charge in [-0.05, 0) is 46.4 Å². The molecule has 0 atom stereocenters. The normalized spacial score (nSPS) is 19.4. The molecular weight excluding hydrogens is 264 g/mol. The molecule has 22 heavy (non-hydrogen) atoms. The van der Waals surface area contributed by atoms with Crippen LogP contribution in [-0.2, 0) is 5.41 Å². The molecule has 0 unspecified atom stereocenters. The zero-order chi connectivity index (χ0) is 15.7. The summed E-state index contributed by atoms with van der Waals surface area (Å²) in [5.74, 6) is 0. The van der Waals surface area contributed by atoms with Crippen LogP contribution in [0.5, 0.6) is 0 Å². The zero-order valence-corrected chi connectivity index (χ0v) is 13.6. The van der Waals surface area contributed by atoms with Gasteiger partial charge in [0.2, 0.25) is 0 Å². The molecule has 0 heteroatoms. The minimum Gasteiger partial charge on any atom is -0.0990 e. The molecule has 0 aromatic heterocycles. The van der Waals surface area contributed by atoms with Crippen LogP contribution in [0.4, 0.5) is 0 Å². The van der Waals surface area contributed by atoms with E-state index in [0.717, 1.165) is 0 Å². The van der Waals surface area contributed by atoms with E-state index in [-0.39, 0.29) is 5.41 Å². The first-order valence-electron chi connectivity index (χ1n) is 7.79. The van der Waals surface area contributed by atoms with Crippen molar-refractivity contribution in [2.75, 3.05) is 0 Å². The highest BCUT2D eigenvalue weighted by Crippen LogP contribution is 2.50. The maximum absolute atomic E-state index is 3.88. The average Bonchev–Trinajstić information content (AvgIpc) is 2.75. The van der Waals surface area contributed by atoms with Crippen LogP contribution in [0.25, 0.3) is 16.7 Å². The van der Waals surface area contributed by atoms with Gasteiger partial charge in [0, 0.05) is 5.41 Å². The molecule has 0 N–H and O–H groups in total. The Labute approximate surface area is 133 Å². The predicted octanol–water partition coefficient (Wildman–Crippen LogP) is 6.16. The highest BCUT2D eigenvalue weighted by molar-refractivity contribution is 5.91. The molecule has 0 nitrogen and oxygen atoms in total. The quantitative estimate of drug-likeness (QED) is 0.620. The van der Waals surface area contributed by atoms with Gasteiger partial charge in [0.05, 0.1) is 0 Å². The Morgan fingerprint density at radius 1 is 0.955 bits per heavy atom. The maximum atomic E-state index is 3.88. The standard InChI is InChI=1S/C22H22/c1-5-10-18-19-14-13-17(16-11-8-7-9-12-16)15-21(19)22(3,4)20(18)6-2/h5-15H,1H2,2-4H3/b18-10-,20-6+. The van der Waals surface area contributed by atoms with E-state index in [4.69, 9.17) is 0 Å². The Bertz CT molecular complexity index is 771. The second kappa shape index (κ2) is 5.46. The summed E-state index contributed by atoms with van der Waals surface area (Å²) in [6, 6.07) is 17.4. The van der Waals surface area contributed by atoms with E-state index in [2.05, 4.69) is 88.0 Å². The minimum atomic E-state index is 0.0315. The molecule has 1 aliphatic rings. The molecule has 3 rings (SSSR count). The third kappa shape index (κ3) is 2.16. The van der Waals surface area contributed by atoms with Gasteiger partial charge in [-0.1, -0.05) is 81.1 Å². The molecule has 0 radical (unpaired) electrons. The first kappa shape index (κ1) is 14.6. The largest absolute Gasteiger partial charge is 0.0990 e. The van der Waals surface area contributed by atoms with Crippen molar-refractivity contribution in [3.63, 3.8) is 0 Å². The fourth-order valence-electron chi connectivity index (χ4n) is 3.55. The molecule has 0 saturated carbocycles. The van der Waals surface area contributed by atoms with Crippen molar-refractivity contribution >= 4 is 5.57 Å². The van der Waals surface area contributed by atoms with E-state index < -0.39 is 0 Å². The lowest BCUT2D eigenvalue weighted by Gasteiger charge is -2.22. The van der Waals surface area contributed by atoms with Crippen molar-refractivity contribution < 1.29 is 0 Å². The summed E-state index contributed by atoms with van der Waals surface area (Å²) < 4.78 is 0. The molecule has 2 aromatic carbocycles. The van der Waals surface area contributed by atoms with Crippen molar-refractivity contribution in [1.29, 1.82) is 0 Å². The van der Waals surface area contributed by atoms with Gasteiger partial charge in [-0.15, -0.1) is 0 Å². The van der Waals surface area contributed by atoms with Gasteiger partial charge in [-0.25, -0.2) is 0 Å².